The van der Waals surface area contributed by atoms with Gasteiger partial charge in [0.2, 0.25) is 0 Å². The molecular weight excluding hydrogens is 292 g/mol. The molecule has 5 heteroatoms. The first kappa shape index (κ1) is 17.6. The first-order valence-electron chi connectivity index (χ1n) is 8.37. The number of carbonyl (C=O) groups excluding carboxylic acids is 1. The Kier molecular flexibility index (Phi) is 6.71. The van der Waals surface area contributed by atoms with Gasteiger partial charge in [-0.05, 0) is 50.8 Å². The number of nitrogens with zero attached hydrogens (tertiary/aromatic N) is 1. The first-order chi connectivity index (χ1) is 11.0. The predicted octanol–water partition coefficient (Wildman–Crippen LogP) is 2.97. The Hall–Kier alpha value is -1.75. The molecule has 0 radical (unpaired) electrons. The third-order valence-corrected chi connectivity index (χ3v) is 3.96. The maximum absolute atomic E-state index is 12.2. The van der Waals surface area contributed by atoms with Crippen LogP contribution in [0.25, 0.3) is 0 Å². The Labute approximate surface area is 139 Å². The molecule has 2 unspecified atom stereocenters. The van der Waals surface area contributed by atoms with Gasteiger partial charge in [-0.25, -0.2) is 4.79 Å². The fourth-order valence-corrected chi connectivity index (χ4v) is 2.63. The van der Waals surface area contributed by atoms with E-state index in [4.69, 9.17) is 9.47 Å². The number of likely N-dealkylation sites (N-methyl/N-ethyl adjacent to an activating group) is 1. The van der Waals surface area contributed by atoms with Crippen molar-refractivity contribution < 1.29 is 14.3 Å². The van der Waals surface area contributed by atoms with Crippen molar-refractivity contribution >= 4 is 6.03 Å². The fourth-order valence-electron chi connectivity index (χ4n) is 2.63. The molecule has 0 bridgehead atoms. The van der Waals surface area contributed by atoms with Crippen LogP contribution in [0, 0.1) is 6.92 Å². The number of aryl methyl sites for hydroxylation is 1. The number of carbonyl (C=O) groups is 1. The van der Waals surface area contributed by atoms with E-state index in [0.717, 1.165) is 30.8 Å². The van der Waals surface area contributed by atoms with Gasteiger partial charge in [0, 0.05) is 20.2 Å². The van der Waals surface area contributed by atoms with Gasteiger partial charge in [-0.3, -0.25) is 0 Å². The lowest BCUT2D eigenvalue weighted by Crippen LogP contribution is -2.47. The van der Waals surface area contributed by atoms with Crippen LogP contribution in [0.5, 0.6) is 5.75 Å². The van der Waals surface area contributed by atoms with Crippen LogP contribution in [0.3, 0.4) is 0 Å². The summed E-state index contributed by atoms with van der Waals surface area (Å²) in [6.07, 6.45) is 3.50. The summed E-state index contributed by atoms with van der Waals surface area (Å²) in [6.45, 7) is 5.86. The quantitative estimate of drug-likeness (QED) is 0.877. The predicted molar refractivity (Wildman–Crippen MR) is 90.9 cm³/mol. The van der Waals surface area contributed by atoms with Crippen LogP contribution < -0.4 is 10.1 Å². The highest BCUT2D eigenvalue weighted by Gasteiger charge is 2.19. The molecule has 0 spiro atoms. The molecule has 0 saturated carbocycles. The van der Waals surface area contributed by atoms with Crippen LogP contribution in [0.1, 0.15) is 31.7 Å². The van der Waals surface area contributed by atoms with Crippen LogP contribution in [0.15, 0.2) is 24.3 Å². The van der Waals surface area contributed by atoms with E-state index in [-0.39, 0.29) is 18.2 Å². The number of amides is 2. The van der Waals surface area contributed by atoms with E-state index >= 15 is 0 Å². The average molecular weight is 320 g/mol. The molecular formula is C18H28N2O3. The van der Waals surface area contributed by atoms with Crippen LogP contribution >= 0.6 is 0 Å². The van der Waals surface area contributed by atoms with Gasteiger partial charge in [0.15, 0.2) is 0 Å². The summed E-state index contributed by atoms with van der Waals surface area (Å²) in [5, 5.41) is 2.96. The summed E-state index contributed by atoms with van der Waals surface area (Å²) in [7, 11) is 1.81. The molecule has 1 aliphatic rings. The molecule has 1 fully saturated rings. The molecule has 1 aliphatic heterocycles. The van der Waals surface area contributed by atoms with Crippen molar-refractivity contribution in [3.8, 4) is 5.75 Å². The van der Waals surface area contributed by atoms with Crippen LogP contribution in [-0.2, 0) is 4.74 Å². The minimum absolute atomic E-state index is 0.0577. The molecule has 2 atom stereocenters. The van der Waals surface area contributed by atoms with Crippen molar-refractivity contribution in [3.63, 3.8) is 0 Å². The number of urea groups is 1. The first-order valence-corrected chi connectivity index (χ1v) is 8.37. The molecule has 5 nitrogen and oxygen atoms in total. The third-order valence-electron chi connectivity index (χ3n) is 3.96. The zero-order valence-corrected chi connectivity index (χ0v) is 14.4. The summed E-state index contributed by atoms with van der Waals surface area (Å²) in [4.78, 5) is 13.9. The second kappa shape index (κ2) is 8.77. The van der Waals surface area contributed by atoms with E-state index in [1.54, 1.807) is 11.9 Å². The smallest absolute Gasteiger partial charge is 0.317 e. The lowest BCUT2D eigenvalue weighted by atomic mass is 10.1. The van der Waals surface area contributed by atoms with Crippen molar-refractivity contribution in [3.05, 3.63) is 29.8 Å². The van der Waals surface area contributed by atoms with Crippen molar-refractivity contribution in [1.82, 2.24) is 10.2 Å². The maximum atomic E-state index is 12.2. The number of ether oxygens (including phenoxy) is 2. The van der Waals surface area contributed by atoms with Crippen LogP contribution in [-0.4, -0.2) is 49.9 Å². The number of benzene rings is 1. The second-order valence-corrected chi connectivity index (χ2v) is 6.35. The summed E-state index contributed by atoms with van der Waals surface area (Å²) >= 11 is 0. The molecule has 128 valence electrons. The Morgan fingerprint density at radius 1 is 1.48 bits per heavy atom. The number of rotatable bonds is 6. The normalized spacial score (nSPS) is 19.0. The largest absolute Gasteiger partial charge is 0.491 e. The number of hydrogen-bond donors (Lipinski definition) is 1. The number of hydrogen-bond acceptors (Lipinski definition) is 3. The minimum Gasteiger partial charge on any atom is -0.491 e. The second-order valence-electron chi connectivity index (χ2n) is 6.35. The average Bonchev–Trinajstić information content (AvgIpc) is 2.54. The SMILES string of the molecule is Cc1cccc(OCC(C)NC(=O)N(C)CC2CCCCO2)c1. The number of nitrogens with one attached hydrogen (secondary N) is 1. The zero-order valence-electron chi connectivity index (χ0n) is 14.4. The zero-order chi connectivity index (χ0) is 16.7. The molecule has 0 aliphatic carbocycles. The Bertz CT molecular complexity index is 501. The standard InChI is InChI=1S/C18H28N2O3/c1-14-7-6-9-16(11-14)23-13-15(2)19-18(21)20(3)12-17-8-4-5-10-22-17/h6-7,9,11,15,17H,4-5,8,10,12-13H2,1-3H3,(H,19,21). The van der Waals surface area contributed by atoms with Gasteiger partial charge in [-0.15, -0.1) is 0 Å². The lowest BCUT2D eigenvalue weighted by Gasteiger charge is -2.28. The highest BCUT2D eigenvalue weighted by atomic mass is 16.5. The third kappa shape index (κ3) is 6.10. The van der Waals surface area contributed by atoms with E-state index in [0.29, 0.717) is 13.2 Å². The van der Waals surface area contributed by atoms with Crippen molar-refractivity contribution in [2.24, 2.45) is 0 Å². The van der Waals surface area contributed by atoms with Gasteiger partial charge in [-0.2, -0.15) is 0 Å². The van der Waals surface area contributed by atoms with Gasteiger partial charge >= 0.3 is 6.03 Å². The summed E-state index contributed by atoms with van der Waals surface area (Å²) in [5.74, 6) is 0.829. The molecule has 2 amide bonds. The maximum Gasteiger partial charge on any atom is 0.317 e. The van der Waals surface area contributed by atoms with Gasteiger partial charge < -0.3 is 19.7 Å². The topological polar surface area (TPSA) is 50.8 Å². The Morgan fingerprint density at radius 3 is 3.00 bits per heavy atom. The molecule has 0 aromatic heterocycles. The summed E-state index contributed by atoms with van der Waals surface area (Å²) in [6, 6.07) is 7.76. The van der Waals surface area contributed by atoms with Crippen molar-refractivity contribution in [2.45, 2.75) is 45.3 Å². The van der Waals surface area contributed by atoms with E-state index in [1.165, 1.54) is 6.42 Å². The molecule has 1 heterocycles. The highest BCUT2D eigenvalue weighted by Crippen LogP contribution is 2.14. The monoisotopic (exact) mass is 320 g/mol. The molecule has 1 N–H and O–H groups in total. The lowest BCUT2D eigenvalue weighted by molar-refractivity contribution is 0.00367. The van der Waals surface area contributed by atoms with Crippen molar-refractivity contribution in [1.29, 1.82) is 0 Å². The van der Waals surface area contributed by atoms with Crippen molar-refractivity contribution in [2.75, 3.05) is 26.8 Å². The Morgan fingerprint density at radius 2 is 2.30 bits per heavy atom. The van der Waals surface area contributed by atoms with E-state index in [1.807, 2.05) is 38.1 Å². The van der Waals surface area contributed by atoms with Gasteiger partial charge in [-0.1, -0.05) is 12.1 Å². The van der Waals surface area contributed by atoms with Crippen LogP contribution in [0.2, 0.25) is 0 Å². The summed E-state index contributed by atoms with van der Waals surface area (Å²) in [5.41, 5.74) is 1.16. The van der Waals surface area contributed by atoms with Gasteiger partial charge in [0.05, 0.1) is 12.1 Å². The molecule has 23 heavy (non-hydrogen) atoms. The molecule has 1 saturated heterocycles. The molecule has 1 aromatic carbocycles. The molecule has 1 aromatic rings. The minimum atomic E-state index is -0.0838. The van der Waals surface area contributed by atoms with E-state index in [9.17, 15) is 4.79 Å². The van der Waals surface area contributed by atoms with Gasteiger partial charge in [0.1, 0.15) is 12.4 Å². The van der Waals surface area contributed by atoms with Crippen LogP contribution in [0.4, 0.5) is 4.79 Å². The Balaban J connectivity index is 1.70. The molecule has 2 rings (SSSR count). The van der Waals surface area contributed by atoms with E-state index < -0.39 is 0 Å². The highest BCUT2D eigenvalue weighted by molar-refractivity contribution is 5.74. The summed E-state index contributed by atoms with van der Waals surface area (Å²) < 4.78 is 11.4. The van der Waals surface area contributed by atoms with E-state index in [2.05, 4.69) is 5.32 Å². The fraction of sp³-hybridized carbons (Fsp3) is 0.611. The van der Waals surface area contributed by atoms with Gasteiger partial charge in [0.25, 0.3) is 0 Å².